The highest BCUT2D eigenvalue weighted by Crippen LogP contribution is 2.41. The Balaban J connectivity index is 1.37. The van der Waals surface area contributed by atoms with Gasteiger partial charge in [-0.2, -0.15) is 0 Å². The molecular weight excluding hydrogens is 532 g/mol. The van der Waals surface area contributed by atoms with Crippen molar-refractivity contribution in [2.24, 2.45) is 11.7 Å². The number of amides is 3. The lowest BCUT2D eigenvalue weighted by Crippen LogP contribution is -2.58. The van der Waals surface area contributed by atoms with Crippen LogP contribution in [0.4, 0.5) is 0 Å². The first-order chi connectivity index (χ1) is 20.3. The average Bonchev–Trinajstić information content (AvgIpc) is 3.63. The number of nitrogens with one attached hydrogen (secondary N) is 1. The van der Waals surface area contributed by atoms with Crippen molar-refractivity contribution in [3.05, 3.63) is 71.8 Å². The summed E-state index contributed by atoms with van der Waals surface area (Å²) in [6.07, 6.45) is 6.24. The molecule has 2 aliphatic heterocycles. The number of nitrogens with zero attached hydrogens (tertiary/aromatic N) is 2. The zero-order valence-corrected chi connectivity index (χ0v) is 24.1. The summed E-state index contributed by atoms with van der Waals surface area (Å²) in [4.78, 5) is 56.7. The van der Waals surface area contributed by atoms with Gasteiger partial charge < -0.3 is 26.0 Å². The van der Waals surface area contributed by atoms with E-state index in [-0.39, 0.29) is 42.5 Å². The topological polar surface area (TPSA) is 133 Å². The van der Waals surface area contributed by atoms with Crippen LogP contribution in [0.3, 0.4) is 0 Å². The van der Waals surface area contributed by atoms with Crippen LogP contribution in [0.1, 0.15) is 62.5 Å². The molecule has 3 aliphatic rings. The fourth-order valence-electron chi connectivity index (χ4n) is 7.19. The van der Waals surface area contributed by atoms with Crippen molar-refractivity contribution < 1.29 is 24.3 Å². The van der Waals surface area contributed by atoms with Gasteiger partial charge >= 0.3 is 5.97 Å². The molecule has 4 N–H and O–H groups in total. The standard InChI is InChI=1S/C33H42N4O5/c34-25(18-22-10-3-1-4-11-22)21-30(38)35-26(19-23-12-5-2-6-13-23)31(39)37-27-15-8-7-14-24(27)20-29(37)32(40)36-17-9-16-28(36)33(41)42/h1-6,10-13,24-29H,7-9,14-21,34H2,(H,35,38)(H,41,42). The van der Waals surface area contributed by atoms with E-state index in [1.165, 1.54) is 4.90 Å². The summed E-state index contributed by atoms with van der Waals surface area (Å²) >= 11 is 0. The number of hydrogen-bond acceptors (Lipinski definition) is 5. The second kappa shape index (κ2) is 13.5. The lowest BCUT2D eigenvalue weighted by molar-refractivity contribution is -0.153. The number of hydrogen-bond donors (Lipinski definition) is 3. The molecule has 2 aromatic rings. The fraction of sp³-hybridized carbons (Fsp3) is 0.515. The van der Waals surface area contributed by atoms with Gasteiger partial charge in [-0.1, -0.05) is 73.5 Å². The molecule has 1 saturated carbocycles. The third-order valence-corrected chi connectivity index (χ3v) is 9.15. The Morgan fingerprint density at radius 1 is 0.857 bits per heavy atom. The molecular formula is C33H42N4O5. The van der Waals surface area contributed by atoms with E-state index in [1.54, 1.807) is 4.90 Å². The quantitative estimate of drug-likeness (QED) is 0.400. The minimum atomic E-state index is -1.00. The Morgan fingerprint density at radius 3 is 2.17 bits per heavy atom. The van der Waals surface area contributed by atoms with Crippen LogP contribution in [0.25, 0.3) is 0 Å². The van der Waals surface area contributed by atoms with Gasteiger partial charge in [0.05, 0.1) is 0 Å². The predicted octanol–water partition coefficient (Wildman–Crippen LogP) is 2.91. The molecule has 5 rings (SSSR count). The van der Waals surface area contributed by atoms with E-state index in [0.29, 0.717) is 32.2 Å². The first-order valence-corrected chi connectivity index (χ1v) is 15.3. The summed E-state index contributed by atoms with van der Waals surface area (Å²) in [7, 11) is 0. The number of carbonyl (C=O) groups excluding carboxylic acids is 3. The molecule has 1 aliphatic carbocycles. The van der Waals surface area contributed by atoms with E-state index in [9.17, 15) is 24.3 Å². The van der Waals surface area contributed by atoms with Gasteiger partial charge in [0.15, 0.2) is 0 Å². The zero-order chi connectivity index (χ0) is 29.6. The maximum atomic E-state index is 14.5. The normalized spacial score (nSPS) is 25.0. The van der Waals surface area contributed by atoms with Crippen molar-refractivity contribution in [2.45, 2.75) is 94.4 Å². The van der Waals surface area contributed by atoms with E-state index in [2.05, 4.69) is 5.32 Å². The van der Waals surface area contributed by atoms with Crippen LogP contribution in [0.5, 0.6) is 0 Å². The van der Waals surface area contributed by atoms with Crippen LogP contribution in [0, 0.1) is 5.92 Å². The van der Waals surface area contributed by atoms with Gasteiger partial charge in [-0.05, 0) is 55.6 Å². The summed E-state index contributed by atoms with van der Waals surface area (Å²) in [6, 6.07) is 16.3. The van der Waals surface area contributed by atoms with E-state index >= 15 is 0 Å². The maximum Gasteiger partial charge on any atom is 0.326 e. The number of rotatable bonds is 10. The zero-order valence-electron chi connectivity index (χ0n) is 24.1. The Kier molecular flexibility index (Phi) is 9.57. The molecule has 0 aromatic heterocycles. The lowest BCUT2D eigenvalue weighted by Gasteiger charge is -2.37. The summed E-state index contributed by atoms with van der Waals surface area (Å²) < 4.78 is 0. The lowest BCUT2D eigenvalue weighted by atomic mass is 9.84. The second-order valence-corrected chi connectivity index (χ2v) is 12.1. The van der Waals surface area contributed by atoms with Gasteiger partial charge in [0.25, 0.3) is 0 Å². The smallest absolute Gasteiger partial charge is 0.326 e. The van der Waals surface area contributed by atoms with E-state index in [0.717, 1.165) is 36.8 Å². The van der Waals surface area contributed by atoms with E-state index < -0.39 is 30.1 Å². The predicted molar refractivity (Wildman–Crippen MR) is 158 cm³/mol. The average molecular weight is 575 g/mol. The highest BCUT2D eigenvalue weighted by Gasteiger charge is 2.51. The summed E-state index contributed by atoms with van der Waals surface area (Å²) in [5.41, 5.74) is 8.28. The minimum absolute atomic E-state index is 0.0654. The monoisotopic (exact) mass is 574 g/mol. The number of carboxylic acids is 1. The molecule has 9 heteroatoms. The van der Waals surface area contributed by atoms with Crippen LogP contribution in [-0.4, -0.2) is 75.4 Å². The molecule has 42 heavy (non-hydrogen) atoms. The van der Waals surface area contributed by atoms with Crippen LogP contribution in [0.2, 0.25) is 0 Å². The van der Waals surface area contributed by atoms with Crippen LogP contribution >= 0.6 is 0 Å². The fourth-order valence-corrected chi connectivity index (χ4v) is 7.19. The van der Waals surface area contributed by atoms with E-state index in [1.807, 2.05) is 60.7 Å². The molecule has 0 bridgehead atoms. The van der Waals surface area contributed by atoms with Crippen molar-refractivity contribution in [1.82, 2.24) is 15.1 Å². The Morgan fingerprint density at radius 2 is 1.50 bits per heavy atom. The van der Waals surface area contributed by atoms with Crippen LogP contribution < -0.4 is 11.1 Å². The second-order valence-electron chi connectivity index (χ2n) is 12.1. The highest BCUT2D eigenvalue weighted by molar-refractivity contribution is 5.94. The summed E-state index contributed by atoms with van der Waals surface area (Å²) in [6.45, 7) is 0.382. The minimum Gasteiger partial charge on any atom is -0.480 e. The third kappa shape index (κ3) is 6.84. The van der Waals surface area contributed by atoms with Crippen molar-refractivity contribution in [1.29, 1.82) is 0 Å². The maximum absolute atomic E-state index is 14.5. The van der Waals surface area contributed by atoms with Gasteiger partial charge in [0, 0.05) is 31.5 Å². The number of aliphatic carboxylic acids is 1. The molecule has 6 unspecified atom stereocenters. The van der Waals surface area contributed by atoms with Gasteiger partial charge in [-0.25, -0.2) is 4.79 Å². The van der Waals surface area contributed by atoms with Crippen molar-refractivity contribution in [3.8, 4) is 0 Å². The molecule has 9 nitrogen and oxygen atoms in total. The molecule has 2 aromatic carbocycles. The molecule has 2 saturated heterocycles. The van der Waals surface area contributed by atoms with Crippen LogP contribution in [0.15, 0.2) is 60.7 Å². The number of benzene rings is 2. The first-order valence-electron chi connectivity index (χ1n) is 15.3. The van der Waals surface area contributed by atoms with Crippen molar-refractivity contribution in [2.75, 3.05) is 6.54 Å². The number of nitrogens with two attached hydrogens (primary N) is 1. The third-order valence-electron chi connectivity index (χ3n) is 9.15. The number of carboxylic acid groups (broad SMARTS) is 1. The Labute approximate surface area is 247 Å². The number of likely N-dealkylation sites (tertiary alicyclic amines) is 2. The van der Waals surface area contributed by atoms with E-state index in [4.69, 9.17) is 5.73 Å². The van der Waals surface area contributed by atoms with Gasteiger partial charge in [-0.3, -0.25) is 14.4 Å². The molecule has 3 amide bonds. The van der Waals surface area contributed by atoms with Gasteiger partial charge in [0.1, 0.15) is 18.1 Å². The summed E-state index contributed by atoms with van der Waals surface area (Å²) in [5, 5.41) is 12.7. The largest absolute Gasteiger partial charge is 0.480 e. The molecule has 224 valence electrons. The van der Waals surface area contributed by atoms with Gasteiger partial charge in [0.2, 0.25) is 17.7 Å². The molecule has 2 heterocycles. The van der Waals surface area contributed by atoms with Crippen molar-refractivity contribution >= 4 is 23.7 Å². The number of fused-ring (bicyclic) bond motifs is 1. The first kappa shape index (κ1) is 29.8. The van der Waals surface area contributed by atoms with Crippen molar-refractivity contribution in [3.63, 3.8) is 0 Å². The highest BCUT2D eigenvalue weighted by atomic mass is 16.4. The molecule has 6 atom stereocenters. The number of carbonyl (C=O) groups is 4. The van der Waals surface area contributed by atoms with Gasteiger partial charge in [-0.15, -0.1) is 0 Å². The molecule has 0 radical (unpaired) electrons. The van der Waals surface area contributed by atoms with Crippen LogP contribution in [-0.2, 0) is 32.0 Å². The Hall–Kier alpha value is -3.72. The summed E-state index contributed by atoms with van der Waals surface area (Å²) in [5.74, 6) is -1.68. The molecule has 3 fully saturated rings. The SMILES string of the molecule is NC(CC(=O)NC(Cc1ccccc1)C(=O)N1C(C(=O)N2CCCC2C(=O)O)CC2CCCCC21)Cc1ccccc1. The molecule has 0 spiro atoms. The Bertz CT molecular complexity index is 1260.